The van der Waals surface area contributed by atoms with Gasteiger partial charge < -0.3 is 40.1 Å². The third kappa shape index (κ3) is 5.91. The molecule has 0 unspecified atom stereocenters. The second-order valence-corrected chi connectivity index (χ2v) is 21.6. The maximum absolute atomic E-state index is 13.5. The molecule has 0 amide bonds. The number of Topliss-reactive ketones (excluding diaryl/α,β-unsaturated/α-hetero) is 2. The quantitative estimate of drug-likeness (QED) is 0.232. The maximum Gasteiger partial charge on any atom is 0.193 e. The van der Waals surface area contributed by atoms with Gasteiger partial charge in [-0.3, -0.25) is 19.2 Å². The van der Waals surface area contributed by atoms with Crippen LogP contribution in [0.5, 0.6) is 0 Å². The van der Waals surface area contributed by atoms with Gasteiger partial charge >= 0.3 is 0 Å². The van der Waals surface area contributed by atoms with E-state index in [9.17, 15) is 49.8 Å². The zero-order valence-corrected chi connectivity index (χ0v) is 36.1. The Morgan fingerprint density at radius 3 is 1.74 bits per heavy atom. The van der Waals surface area contributed by atoms with Crippen molar-refractivity contribution in [3.63, 3.8) is 0 Å². The van der Waals surface area contributed by atoms with Crippen molar-refractivity contribution in [3.05, 3.63) is 47.6 Å². The molecule has 17 atom stereocenters. The van der Waals surface area contributed by atoms with E-state index in [0.29, 0.717) is 6.42 Å². The predicted molar refractivity (Wildman–Crippen MR) is 221 cm³/mol. The molecule has 0 spiro atoms. The van der Waals surface area contributed by atoms with Crippen molar-refractivity contribution in [3.8, 4) is 0 Å². The molecule has 12 heteroatoms. The SMILES string of the molecule is C[C@]12C=CC(=O)C=C1CC[C@@H]1[C@@H]2[C@@H](O)C[C@@]2(C)[C@H]1C[C@@H](O)[C@]2(O)C(=O)CO.C[C@]12C=CC(=O)C=C1CC[C@@H]1[C@@H]2[C@@H](O)C[C@@]2(C)[C@H]1C[C@H]1O[C@@H](C3CCCCC3)O[C@]12C(=O)CO. The molecule has 0 aromatic heterocycles. The van der Waals surface area contributed by atoms with Gasteiger partial charge in [-0.1, -0.05) is 70.3 Å². The van der Waals surface area contributed by atoms with E-state index in [1.807, 2.05) is 19.1 Å². The first kappa shape index (κ1) is 43.6. The molecule has 8 fully saturated rings. The summed E-state index contributed by atoms with van der Waals surface area (Å²) in [4.78, 5) is 49.8. The molecule has 0 bridgehead atoms. The van der Waals surface area contributed by atoms with Gasteiger partial charge in [-0.2, -0.15) is 0 Å². The first-order valence-corrected chi connectivity index (χ1v) is 23.1. The average molecular weight is 847 g/mol. The fraction of sp³-hybridized carbons (Fsp3) is 0.755. The summed E-state index contributed by atoms with van der Waals surface area (Å²) >= 11 is 0. The van der Waals surface area contributed by atoms with Gasteiger partial charge in [-0.15, -0.1) is 0 Å². The molecule has 6 N–H and O–H groups in total. The molecule has 1 saturated heterocycles. The van der Waals surface area contributed by atoms with E-state index in [1.54, 1.807) is 31.2 Å². The van der Waals surface area contributed by atoms with Gasteiger partial charge in [-0.25, -0.2) is 0 Å². The highest BCUT2D eigenvalue weighted by Crippen LogP contribution is 2.71. The highest BCUT2D eigenvalue weighted by atomic mass is 16.7. The van der Waals surface area contributed by atoms with Crippen molar-refractivity contribution in [2.45, 2.75) is 153 Å². The van der Waals surface area contributed by atoms with Gasteiger partial charge in [0.2, 0.25) is 0 Å². The van der Waals surface area contributed by atoms with Gasteiger partial charge in [0.1, 0.15) is 13.2 Å². The Bertz CT molecular complexity index is 1980. The van der Waals surface area contributed by atoms with Gasteiger partial charge in [0, 0.05) is 39.4 Å². The molecule has 334 valence electrons. The van der Waals surface area contributed by atoms with Crippen LogP contribution in [0.4, 0.5) is 0 Å². The minimum Gasteiger partial charge on any atom is -0.393 e. The van der Waals surface area contributed by atoms with Gasteiger partial charge in [-0.05, 0) is 112 Å². The molecular formula is C49H66O12. The van der Waals surface area contributed by atoms with Crippen molar-refractivity contribution >= 4 is 23.1 Å². The first-order chi connectivity index (χ1) is 28.8. The van der Waals surface area contributed by atoms with E-state index in [-0.39, 0.29) is 83.1 Å². The van der Waals surface area contributed by atoms with Gasteiger partial charge in [0.25, 0.3) is 0 Å². The topological polar surface area (TPSA) is 208 Å². The highest BCUT2D eigenvalue weighted by molar-refractivity contribution is 6.01. The van der Waals surface area contributed by atoms with Crippen molar-refractivity contribution < 1.29 is 59.3 Å². The van der Waals surface area contributed by atoms with Crippen LogP contribution in [0.2, 0.25) is 0 Å². The van der Waals surface area contributed by atoms with E-state index in [0.717, 1.165) is 68.9 Å². The molecule has 0 aromatic carbocycles. The van der Waals surface area contributed by atoms with Crippen LogP contribution in [-0.2, 0) is 28.7 Å². The molecular weight excluding hydrogens is 781 g/mol. The number of aliphatic hydroxyl groups excluding tert-OH is 5. The molecule has 1 aliphatic heterocycles. The third-order valence-corrected chi connectivity index (χ3v) is 19.1. The van der Waals surface area contributed by atoms with Crippen molar-refractivity contribution in [1.82, 2.24) is 0 Å². The molecule has 0 aromatic rings. The fourth-order valence-corrected chi connectivity index (χ4v) is 16.3. The number of hydrogen-bond acceptors (Lipinski definition) is 12. The van der Waals surface area contributed by atoms with Gasteiger partial charge in [0.15, 0.2) is 40.6 Å². The summed E-state index contributed by atoms with van der Waals surface area (Å²) < 4.78 is 13.3. The van der Waals surface area contributed by atoms with Crippen LogP contribution in [0.15, 0.2) is 47.6 Å². The highest BCUT2D eigenvalue weighted by Gasteiger charge is 2.76. The Balaban J connectivity index is 0.000000161. The summed E-state index contributed by atoms with van der Waals surface area (Å²) in [5.41, 5.74) is -3.50. The summed E-state index contributed by atoms with van der Waals surface area (Å²) in [6.45, 7) is 6.65. The second-order valence-electron chi connectivity index (χ2n) is 21.6. The molecule has 9 aliphatic carbocycles. The van der Waals surface area contributed by atoms with Crippen LogP contribution in [0, 0.1) is 63.1 Å². The lowest BCUT2D eigenvalue weighted by Crippen LogP contribution is -2.63. The second kappa shape index (κ2) is 14.9. The molecule has 12 nitrogen and oxygen atoms in total. The Morgan fingerprint density at radius 2 is 1.21 bits per heavy atom. The Morgan fingerprint density at radius 1 is 0.705 bits per heavy atom. The molecule has 7 saturated carbocycles. The number of ketones is 4. The Labute approximate surface area is 358 Å². The van der Waals surface area contributed by atoms with Crippen LogP contribution in [0.1, 0.15) is 111 Å². The summed E-state index contributed by atoms with van der Waals surface area (Å²) in [5, 5.41) is 64.1. The van der Waals surface area contributed by atoms with Crippen LogP contribution in [-0.4, -0.2) is 109 Å². The minimum absolute atomic E-state index is 0.00826. The third-order valence-electron chi connectivity index (χ3n) is 19.1. The zero-order chi connectivity index (χ0) is 43.7. The van der Waals surface area contributed by atoms with E-state index < -0.39 is 71.0 Å². The normalized spacial score (nSPS) is 50.7. The van der Waals surface area contributed by atoms with Crippen molar-refractivity contribution in [1.29, 1.82) is 0 Å². The Hall–Kier alpha value is -2.68. The van der Waals surface area contributed by atoms with Gasteiger partial charge in [0.05, 0.1) is 24.4 Å². The van der Waals surface area contributed by atoms with Crippen molar-refractivity contribution in [2.24, 2.45) is 63.1 Å². The fourth-order valence-electron chi connectivity index (χ4n) is 16.3. The number of allylic oxidation sites excluding steroid dienone is 8. The largest absolute Gasteiger partial charge is 0.393 e. The van der Waals surface area contributed by atoms with E-state index in [2.05, 4.69) is 13.8 Å². The first-order valence-electron chi connectivity index (χ1n) is 23.1. The predicted octanol–water partition coefficient (Wildman–Crippen LogP) is 4.03. The maximum atomic E-state index is 13.5. The lowest BCUT2D eigenvalue weighted by atomic mass is 9.46. The van der Waals surface area contributed by atoms with Crippen LogP contribution in [0.25, 0.3) is 0 Å². The summed E-state index contributed by atoms with van der Waals surface area (Å²) in [5.74, 6) is -0.732. The molecule has 0 radical (unpaired) electrons. The number of rotatable bonds is 5. The van der Waals surface area contributed by atoms with E-state index in [1.165, 1.54) is 6.42 Å². The monoisotopic (exact) mass is 846 g/mol. The lowest BCUT2D eigenvalue weighted by molar-refractivity contribution is -0.209. The number of carbonyl (C=O) groups is 4. The number of hydrogen-bond donors (Lipinski definition) is 6. The summed E-state index contributed by atoms with van der Waals surface area (Å²) in [7, 11) is 0. The molecule has 61 heavy (non-hydrogen) atoms. The molecule has 10 aliphatic rings. The number of aliphatic hydroxyl groups is 6. The smallest absolute Gasteiger partial charge is 0.193 e. The van der Waals surface area contributed by atoms with Crippen LogP contribution >= 0.6 is 0 Å². The summed E-state index contributed by atoms with van der Waals surface area (Å²) in [6, 6.07) is 0. The number of fused-ring (bicyclic) bond motifs is 12. The lowest BCUT2D eigenvalue weighted by Gasteiger charge is -2.59. The number of carbonyl (C=O) groups excluding carboxylic acids is 4. The average Bonchev–Trinajstić information content (AvgIpc) is 3.81. The number of ether oxygens (including phenoxy) is 2. The molecule has 1 heterocycles. The van der Waals surface area contributed by atoms with Crippen LogP contribution in [0.3, 0.4) is 0 Å². The standard InChI is InChI=1S/C28H38O6.C21H28O6/c1-26-11-10-18(30)12-17(26)8-9-19-20-13-23-28(22(32)15-29,27(20,2)14-21(31)24(19)26)34-25(33-23)16-6-4-3-5-7-16;1-19-6-5-12(23)7-11(19)3-4-13-14-8-16(25)21(27,17(26)10-22)20(14,2)9-15(24)18(13)19/h10-12,16,19-21,23-25,29,31H,3-9,13-15H2,1-2H3;5-7,13-16,18,22,24-25,27H,3-4,8-10H2,1-2H3/t19-,20-,21-,23+,24+,25+,26-,27-,28+;13-,14-,15-,16+,18+,19-,20-,21-/m00/s1. The van der Waals surface area contributed by atoms with Crippen LogP contribution < -0.4 is 0 Å². The minimum atomic E-state index is -2.05. The zero-order valence-electron chi connectivity index (χ0n) is 36.1. The van der Waals surface area contributed by atoms with E-state index >= 15 is 0 Å². The summed E-state index contributed by atoms with van der Waals surface area (Å²) in [6.07, 6.45) is 17.5. The van der Waals surface area contributed by atoms with Crippen molar-refractivity contribution in [2.75, 3.05) is 13.2 Å². The Kier molecular flexibility index (Phi) is 10.7. The molecule has 10 rings (SSSR count). The van der Waals surface area contributed by atoms with E-state index in [4.69, 9.17) is 9.47 Å².